The lowest BCUT2D eigenvalue weighted by atomic mass is 10.0. The number of aryl methyl sites for hydroxylation is 1. The lowest BCUT2D eigenvalue weighted by molar-refractivity contribution is -0.612. The molecule has 1 fully saturated rings. The molecule has 5 rings (SSSR count). The van der Waals surface area contributed by atoms with Gasteiger partial charge < -0.3 is 15.2 Å². The van der Waals surface area contributed by atoms with Crippen molar-refractivity contribution in [2.75, 3.05) is 5.73 Å². The molecular weight excluding hydrogens is 491 g/mol. The van der Waals surface area contributed by atoms with Crippen LogP contribution in [0.1, 0.15) is 46.7 Å². The summed E-state index contributed by atoms with van der Waals surface area (Å²) in [4.78, 5) is 13.7. The van der Waals surface area contributed by atoms with Crippen LogP contribution in [0.25, 0.3) is 0 Å². The number of quaternary nitrogens is 1. The Kier molecular flexibility index (Phi) is 7.38. The van der Waals surface area contributed by atoms with Crippen LogP contribution in [-0.2, 0) is 6.61 Å². The Bertz CT molecular complexity index is 1400. The molecule has 0 atom stereocenters. The third-order valence-electron chi connectivity index (χ3n) is 6.22. The SMILES string of the molecule is Cc1ncc(COc2cc(F)cc(Oc3ccc(C(=N)c4c(N)ncnc4[NH2+]C4CCCC4)cc3)c2)s1. The Morgan fingerprint density at radius 1 is 1.08 bits per heavy atom. The topological polar surface area (TPSA) is 124 Å². The van der Waals surface area contributed by atoms with Crippen LogP contribution in [0, 0.1) is 18.2 Å². The van der Waals surface area contributed by atoms with E-state index in [1.54, 1.807) is 36.5 Å². The van der Waals surface area contributed by atoms with Gasteiger partial charge >= 0.3 is 0 Å². The van der Waals surface area contributed by atoms with Crippen LogP contribution < -0.4 is 20.5 Å². The number of nitrogens with two attached hydrogens (primary N) is 2. The van der Waals surface area contributed by atoms with E-state index in [9.17, 15) is 4.39 Å². The number of nitrogens with zero attached hydrogens (tertiary/aromatic N) is 3. The van der Waals surface area contributed by atoms with Crippen LogP contribution in [0.4, 0.5) is 16.0 Å². The van der Waals surface area contributed by atoms with Gasteiger partial charge in [0.2, 0.25) is 5.82 Å². The highest BCUT2D eigenvalue weighted by molar-refractivity contribution is 7.11. The first-order chi connectivity index (χ1) is 17.9. The van der Waals surface area contributed by atoms with Gasteiger partial charge in [-0.2, -0.15) is 4.98 Å². The summed E-state index contributed by atoms with van der Waals surface area (Å²) in [7, 11) is 0. The first-order valence-corrected chi connectivity index (χ1v) is 12.9. The number of aromatic nitrogens is 3. The normalized spacial score (nSPS) is 13.6. The quantitative estimate of drug-likeness (QED) is 0.271. The second-order valence-corrected chi connectivity index (χ2v) is 10.3. The fraction of sp³-hybridized carbons (Fsp3) is 0.259. The molecule has 2 aromatic carbocycles. The first-order valence-electron chi connectivity index (χ1n) is 12.1. The largest absolute Gasteiger partial charge is 0.488 e. The first kappa shape index (κ1) is 24.8. The fourth-order valence-electron chi connectivity index (χ4n) is 4.42. The molecule has 2 heterocycles. The van der Waals surface area contributed by atoms with Gasteiger partial charge in [-0.1, -0.05) is 0 Å². The second kappa shape index (κ2) is 11.0. The number of ether oxygens (including phenoxy) is 2. The minimum atomic E-state index is -0.461. The van der Waals surface area contributed by atoms with Gasteiger partial charge in [-0.15, -0.1) is 11.3 Å². The molecule has 2 aromatic heterocycles. The highest BCUT2D eigenvalue weighted by atomic mass is 32.1. The zero-order valence-corrected chi connectivity index (χ0v) is 21.2. The Hall–Kier alpha value is -3.89. The van der Waals surface area contributed by atoms with Gasteiger partial charge in [0, 0.05) is 30.0 Å². The number of nitrogen functional groups attached to an aromatic ring is 1. The maximum atomic E-state index is 14.2. The highest BCUT2D eigenvalue weighted by Gasteiger charge is 2.25. The Morgan fingerprint density at radius 3 is 2.57 bits per heavy atom. The minimum absolute atomic E-state index is 0.244. The van der Waals surface area contributed by atoms with Gasteiger partial charge in [-0.3, -0.25) is 10.7 Å². The highest BCUT2D eigenvalue weighted by Crippen LogP contribution is 2.29. The summed E-state index contributed by atoms with van der Waals surface area (Å²) in [6.07, 6.45) is 7.86. The standard InChI is InChI=1S/C27H27FN6O2S/c1-16-31-13-23(37-16)14-35-21-10-18(28)11-22(12-21)36-20-8-6-17(7-9-20)25(29)24-26(30)32-15-33-27(24)34-19-4-2-3-5-19/h6-13,15,19,29H,2-5,14H2,1H3,(H3,30,32,33,34)/p+1. The van der Waals surface area contributed by atoms with Gasteiger partial charge in [0.25, 0.3) is 0 Å². The second-order valence-electron chi connectivity index (χ2n) is 8.99. The molecule has 190 valence electrons. The van der Waals surface area contributed by atoms with E-state index in [0.717, 1.165) is 22.7 Å². The number of halogens is 1. The third kappa shape index (κ3) is 6.10. The molecule has 0 unspecified atom stereocenters. The summed E-state index contributed by atoms with van der Waals surface area (Å²) in [5, 5.41) is 11.9. The van der Waals surface area contributed by atoms with Gasteiger partial charge in [-0.25, -0.2) is 14.4 Å². The molecule has 8 nitrogen and oxygen atoms in total. The van der Waals surface area contributed by atoms with Crippen LogP contribution in [-0.4, -0.2) is 26.7 Å². The summed E-state index contributed by atoms with van der Waals surface area (Å²) < 4.78 is 25.8. The molecule has 1 aliphatic carbocycles. The number of benzene rings is 2. The molecule has 0 bridgehead atoms. The Labute approximate surface area is 218 Å². The van der Waals surface area contributed by atoms with E-state index in [1.807, 2.05) is 6.92 Å². The van der Waals surface area contributed by atoms with Crippen molar-refractivity contribution in [3.8, 4) is 17.2 Å². The molecule has 4 aromatic rings. The number of hydrogen-bond donors (Lipinski definition) is 3. The van der Waals surface area contributed by atoms with Crippen LogP contribution in [0.3, 0.4) is 0 Å². The maximum Gasteiger partial charge on any atom is 0.239 e. The predicted octanol–water partition coefficient (Wildman–Crippen LogP) is 4.89. The van der Waals surface area contributed by atoms with E-state index >= 15 is 0 Å². The molecule has 1 aliphatic rings. The van der Waals surface area contributed by atoms with Crippen molar-refractivity contribution in [2.24, 2.45) is 0 Å². The molecule has 0 radical (unpaired) electrons. The number of nitrogens with one attached hydrogen (secondary N) is 1. The minimum Gasteiger partial charge on any atom is -0.488 e. The molecule has 0 spiro atoms. The van der Waals surface area contributed by atoms with Gasteiger partial charge in [0.05, 0.1) is 21.6 Å². The van der Waals surface area contributed by atoms with Crippen molar-refractivity contribution in [3.05, 3.63) is 81.8 Å². The van der Waals surface area contributed by atoms with Crippen molar-refractivity contribution in [1.82, 2.24) is 15.0 Å². The van der Waals surface area contributed by atoms with Crippen molar-refractivity contribution in [3.63, 3.8) is 0 Å². The average Bonchev–Trinajstić information content (AvgIpc) is 3.54. The van der Waals surface area contributed by atoms with Gasteiger partial charge in [0.1, 0.15) is 47.4 Å². The molecule has 5 N–H and O–H groups in total. The van der Waals surface area contributed by atoms with Crippen molar-refractivity contribution >= 4 is 28.7 Å². The van der Waals surface area contributed by atoms with E-state index in [-0.39, 0.29) is 11.5 Å². The lowest BCUT2D eigenvalue weighted by Crippen LogP contribution is -2.84. The van der Waals surface area contributed by atoms with E-state index in [2.05, 4.69) is 20.3 Å². The van der Waals surface area contributed by atoms with Crippen molar-refractivity contribution in [1.29, 1.82) is 5.41 Å². The average molecular weight is 520 g/mol. The van der Waals surface area contributed by atoms with E-state index < -0.39 is 5.82 Å². The predicted molar refractivity (Wildman–Crippen MR) is 140 cm³/mol. The summed E-state index contributed by atoms with van der Waals surface area (Å²) in [5.41, 5.74) is 7.60. The van der Waals surface area contributed by atoms with Gasteiger partial charge in [0.15, 0.2) is 0 Å². The summed E-state index contributed by atoms with van der Waals surface area (Å²) in [5.74, 6) is 1.70. The van der Waals surface area contributed by atoms with E-state index in [1.165, 1.54) is 42.6 Å². The van der Waals surface area contributed by atoms with Crippen LogP contribution in [0.15, 0.2) is 55.0 Å². The molecule has 37 heavy (non-hydrogen) atoms. The lowest BCUT2D eigenvalue weighted by Gasteiger charge is -2.13. The number of anilines is 1. The number of hydrogen-bond acceptors (Lipinski definition) is 8. The molecule has 0 aliphatic heterocycles. The molecular formula is C27H28FN6O2S+. The summed E-state index contributed by atoms with van der Waals surface area (Å²) in [6.45, 7) is 2.23. The molecule has 0 amide bonds. The summed E-state index contributed by atoms with van der Waals surface area (Å²) >= 11 is 1.53. The zero-order chi connectivity index (χ0) is 25.8. The Balaban J connectivity index is 1.29. The molecule has 0 saturated heterocycles. The number of thiazole rings is 1. The number of rotatable bonds is 9. The zero-order valence-electron chi connectivity index (χ0n) is 20.4. The van der Waals surface area contributed by atoms with Crippen LogP contribution in [0.5, 0.6) is 17.2 Å². The van der Waals surface area contributed by atoms with Crippen LogP contribution in [0.2, 0.25) is 0 Å². The fourth-order valence-corrected chi connectivity index (χ4v) is 5.13. The van der Waals surface area contributed by atoms with E-state index in [4.69, 9.17) is 20.6 Å². The maximum absolute atomic E-state index is 14.2. The van der Waals surface area contributed by atoms with Crippen molar-refractivity contribution < 1.29 is 19.2 Å². The Morgan fingerprint density at radius 2 is 1.84 bits per heavy atom. The molecule has 10 heteroatoms. The van der Waals surface area contributed by atoms with E-state index in [0.29, 0.717) is 46.8 Å². The van der Waals surface area contributed by atoms with Crippen LogP contribution >= 0.6 is 11.3 Å². The third-order valence-corrected chi connectivity index (χ3v) is 7.11. The van der Waals surface area contributed by atoms with Gasteiger partial charge in [-0.05, 0) is 56.9 Å². The van der Waals surface area contributed by atoms with Crippen molar-refractivity contribution in [2.45, 2.75) is 45.3 Å². The smallest absolute Gasteiger partial charge is 0.239 e. The monoisotopic (exact) mass is 519 g/mol. The summed E-state index contributed by atoms with van der Waals surface area (Å²) in [6, 6.07) is 11.7. The molecule has 1 saturated carbocycles.